The molecule has 0 spiro atoms. The molecule has 27 heavy (non-hydrogen) atoms. The highest BCUT2D eigenvalue weighted by atomic mass is 32.1. The smallest absolute Gasteiger partial charge is 0.261 e. The first-order valence-electron chi connectivity index (χ1n) is 8.08. The molecule has 0 saturated carbocycles. The van der Waals surface area contributed by atoms with Crippen LogP contribution in [0.3, 0.4) is 0 Å². The number of thiazole rings is 1. The number of nitrogens with zero attached hydrogens (tertiary/aromatic N) is 1. The summed E-state index contributed by atoms with van der Waals surface area (Å²) in [6.07, 6.45) is 1.65. The van der Waals surface area contributed by atoms with Crippen LogP contribution < -0.4 is 10.7 Å². The lowest BCUT2D eigenvalue weighted by Gasteiger charge is -2.08. The van der Waals surface area contributed by atoms with Crippen LogP contribution >= 0.6 is 11.3 Å². The molecule has 0 fully saturated rings. The largest absolute Gasteiger partial charge is 0.455 e. The van der Waals surface area contributed by atoms with Crippen molar-refractivity contribution < 1.29 is 13.6 Å². The summed E-state index contributed by atoms with van der Waals surface area (Å²) in [5, 5.41) is 3.39. The number of para-hydroxylation sites is 1. The highest BCUT2D eigenvalue weighted by molar-refractivity contribution is 7.15. The minimum Gasteiger partial charge on any atom is -0.455 e. The number of halogens is 1. The molecule has 2 aromatic heterocycles. The fourth-order valence-electron chi connectivity index (χ4n) is 2.73. The molecule has 0 bridgehead atoms. The number of aromatic nitrogens is 1. The second-order valence-electron chi connectivity index (χ2n) is 5.87. The minimum atomic E-state index is -0.514. The lowest BCUT2D eigenvalue weighted by atomic mass is 10.1. The number of nitrogens with one attached hydrogen (secondary N) is 1. The van der Waals surface area contributed by atoms with Gasteiger partial charge in [0.25, 0.3) is 5.91 Å². The van der Waals surface area contributed by atoms with Crippen LogP contribution in [-0.2, 0) is 0 Å². The van der Waals surface area contributed by atoms with Crippen LogP contribution in [0.1, 0.15) is 15.2 Å². The van der Waals surface area contributed by atoms with Crippen molar-refractivity contribution in [1.29, 1.82) is 0 Å². The summed E-state index contributed by atoms with van der Waals surface area (Å²) in [5.74, 6) is -0.903. The normalized spacial score (nSPS) is 10.9. The number of amides is 1. The zero-order valence-corrected chi connectivity index (χ0v) is 15.0. The van der Waals surface area contributed by atoms with Crippen LogP contribution in [0.15, 0.2) is 63.9 Å². The van der Waals surface area contributed by atoms with Crippen molar-refractivity contribution in [3.8, 4) is 11.3 Å². The van der Waals surface area contributed by atoms with Crippen molar-refractivity contribution in [2.45, 2.75) is 6.92 Å². The van der Waals surface area contributed by atoms with Gasteiger partial charge in [-0.1, -0.05) is 18.2 Å². The first kappa shape index (κ1) is 17.1. The molecule has 134 valence electrons. The second kappa shape index (κ2) is 6.77. The van der Waals surface area contributed by atoms with E-state index in [1.807, 2.05) is 6.92 Å². The first-order chi connectivity index (χ1) is 13.0. The van der Waals surface area contributed by atoms with E-state index in [-0.39, 0.29) is 33.3 Å². The molecule has 0 aliphatic rings. The van der Waals surface area contributed by atoms with Crippen molar-refractivity contribution in [2.75, 3.05) is 5.32 Å². The molecule has 0 atom stereocenters. The molecule has 4 aromatic rings. The third-order valence-electron chi connectivity index (χ3n) is 3.98. The van der Waals surface area contributed by atoms with Gasteiger partial charge >= 0.3 is 0 Å². The molecule has 0 aliphatic heterocycles. The molecule has 1 amide bonds. The summed E-state index contributed by atoms with van der Waals surface area (Å²) in [5.41, 5.74) is 0.0844. The number of hydrogen-bond acceptors (Lipinski definition) is 5. The zero-order valence-electron chi connectivity index (χ0n) is 14.2. The molecule has 0 unspecified atom stereocenters. The Hall–Kier alpha value is -3.32. The maximum Gasteiger partial charge on any atom is 0.261 e. The summed E-state index contributed by atoms with van der Waals surface area (Å²) < 4.78 is 19.9. The van der Waals surface area contributed by atoms with E-state index in [0.717, 1.165) is 4.88 Å². The Bertz CT molecular complexity index is 1230. The topological polar surface area (TPSA) is 72.2 Å². The maximum atomic E-state index is 14.1. The maximum absolute atomic E-state index is 14.1. The standard InChI is InChI=1S/C20H13FN2O3S/c1-11-10-22-20(27-11)23-19(25)14-7-4-6-13-16(24)9-17(26-18(13)14)12-5-2-3-8-15(12)21/h2-10H,1H3,(H,22,23,25). The van der Waals surface area contributed by atoms with Crippen LogP contribution in [0, 0.1) is 12.7 Å². The van der Waals surface area contributed by atoms with Gasteiger partial charge in [-0.15, -0.1) is 11.3 Å². The molecule has 0 saturated heterocycles. The van der Waals surface area contributed by atoms with Crippen LogP contribution in [0.4, 0.5) is 9.52 Å². The number of aryl methyl sites for hydroxylation is 1. The van der Waals surface area contributed by atoms with Crippen molar-refractivity contribution in [1.82, 2.24) is 4.98 Å². The number of rotatable bonds is 3. The van der Waals surface area contributed by atoms with Gasteiger partial charge in [0, 0.05) is 17.1 Å². The number of carbonyl (C=O) groups excluding carboxylic acids is 1. The molecule has 5 nitrogen and oxygen atoms in total. The van der Waals surface area contributed by atoms with Gasteiger partial charge in [0.2, 0.25) is 0 Å². The third kappa shape index (κ3) is 3.24. The number of carbonyl (C=O) groups is 1. The molecular formula is C20H13FN2O3S. The fraction of sp³-hybridized carbons (Fsp3) is 0.0500. The van der Waals surface area contributed by atoms with Gasteiger partial charge in [-0.05, 0) is 31.2 Å². The Morgan fingerprint density at radius 3 is 2.74 bits per heavy atom. The van der Waals surface area contributed by atoms with Gasteiger partial charge < -0.3 is 4.42 Å². The average molecular weight is 380 g/mol. The second-order valence-corrected chi connectivity index (χ2v) is 7.10. The van der Waals surface area contributed by atoms with E-state index < -0.39 is 11.7 Å². The Balaban J connectivity index is 1.85. The molecule has 1 N–H and O–H groups in total. The lowest BCUT2D eigenvalue weighted by Crippen LogP contribution is -2.13. The van der Waals surface area contributed by atoms with Crippen molar-refractivity contribution in [2.24, 2.45) is 0 Å². The number of benzene rings is 2. The Morgan fingerprint density at radius 1 is 1.19 bits per heavy atom. The molecule has 4 rings (SSSR count). The quantitative estimate of drug-likeness (QED) is 0.563. The zero-order chi connectivity index (χ0) is 19.0. The van der Waals surface area contributed by atoms with E-state index in [2.05, 4.69) is 10.3 Å². The summed E-state index contributed by atoms with van der Waals surface area (Å²) >= 11 is 1.34. The van der Waals surface area contributed by atoms with Gasteiger partial charge in [-0.2, -0.15) is 0 Å². The summed E-state index contributed by atoms with van der Waals surface area (Å²) in [6, 6.07) is 11.9. The Kier molecular flexibility index (Phi) is 4.29. The van der Waals surface area contributed by atoms with Crippen LogP contribution in [0.5, 0.6) is 0 Å². The van der Waals surface area contributed by atoms with E-state index in [4.69, 9.17) is 4.42 Å². The van der Waals surface area contributed by atoms with E-state index in [1.165, 1.54) is 29.5 Å². The highest BCUT2D eigenvalue weighted by Crippen LogP contribution is 2.27. The van der Waals surface area contributed by atoms with E-state index in [9.17, 15) is 14.0 Å². The van der Waals surface area contributed by atoms with Crippen LogP contribution in [-0.4, -0.2) is 10.9 Å². The third-order valence-corrected chi connectivity index (χ3v) is 4.81. The van der Waals surface area contributed by atoms with Gasteiger partial charge in [0.05, 0.1) is 16.5 Å². The lowest BCUT2D eigenvalue weighted by molar-refractivity contribution is 0.102. The van der Waals surface area contributed by atoms with E-state index >= 15 is 0 Å². The van der Waals surface area contributed by atoms with Crippen LogP contribution in [0.25, 0.3) is 22.3 Å². The van der Waals surface area contributed by atoms with Crippen molar-refractivity contribution in [3.05, 3.63) is 81.2 Å². The number of fused-ring (bicyclic) bond motifs is 1. The fourth-order valence-corrected chi connectivity index (χ4v) is 3.39. The average Bonchev–Trinajstić information content (AvgIpc) is 3.06. The van der Waals surface area contributed by atoms with Gasteiger partial charge in [-0.3, -0.25) is 14.9 Å². The van der Waals surface area contributed by atoms with E-state index in [0.29, 0.717) is 5.13 Å². The first-order valence-corrected chi connectivity index (χ1v) is 8.90. The molecule has 0 aliphatic carbocycles. The molecule has 2 aromatic carbocycles. The summed E-state index contributed by atoms with van der Waals surface area (Å²) in [4.78, 5) is 30.2. The van der Waals surface area contributed by atoms with Crippen molar-refractivity contribution in [3.63, 3.8) is 0 Å². The molecule has 2 heterocycles. The Labute approximate surface area is 157 Å². The monoisotopic (exact) mass is 380 g/mol. The summed E-state index contributed by atoms with van der Waals surface area (Å²) in [6.45, 7) is 1.88. The van der Waals surface area contributed by atoms with Gasteiger partial charge in [-0.25, -0.2) is 9.37 Å². The Morgan fingerprint density at radius 2 is 2.00 bits per heavy atom. The van der Waals surface area contributed by atoms with Gasteiger partial charge in [0.15, 0.2) is 16.1 Å². The van der Waals surface area contributed by atoms with Crippen molar-refractivity contribution >= 4 is 33.3 Å². The predicted molar refractivity (Wildman–Crippen MR) is 103 cm³/mol. The predicted octanol–water partition coefficient (Wildman–Crippen LogP) is 4.62. The molecule has 0 radical (unpaired) electrons. The molecular weight excluding hydrogens is 367 g/mol. The highest BCUT2D eigenvalue weighted by Gasteiger charge is 2.17. The van der Waals surface area contributed by atoms with Gasteiger partial charge in [0.1, 0.15) is 11.6 Å². The number of anilines is 1. The molecule has 7 heteroatoms. The minimum absolute atomic E-state index is 0.0657. The summed E-state index contributed by atoms with van der Waals surface area (Å²) in [7, 11) is 0. The van der Waals surface area contributed by atoms with Crippen LogP contribution in [0.2, 0.25) is 0 Å². The van der Waals surface area contributed by atoms with E-state index in [1.54, 1.807) is 36.5 Å². The SMILES string of the molecule is Cc1cnc(NC(=O)c2cccc3c(=O)cc(-c4ccccc4F)oc23)s1. The number of hydrogen-bond donors (Lipinski definition) is 1.